The van der Waals surface area contributed by atoms with Crippen molar-refractivity contribution >= 4 is 21.4 Å². The number of benzene rings is 2. The molecule has 0 fully saturated rings. The number of hydrogen-bond donors (Lipinski definition) is 1. The number of non-ortho nitro benzene ring substituents is 1. The molecule has 0 atom stereocenters. The first-order valence-corrected chi connectivity index (χ1v) is 8.38. The van der Waals surface area contributed by atoms with Gasteiger partial charge < -0.3 is 14.2 Å². The summed E-state index contributed by atoms with van der Waals surface area (Å²) in [5.74, 6) is 0.661. The molecule has 0 heterocycles. The molecule has 134 valence electrons. The standard InChI is InChI=1S/C15H16N2O7S/c1-22-13-7-5-11(9-15(13)24-3)25(20,21)16-12-6-4-10(17(18)19)8-14(12)23-2/h4-9,16H,1-3H3. The Morgan fingerprint density at radius 2 is 1.56 bits per heavy atom. The maximum Gasteiger partial charge on any atom is 0.273 e. The Hall–Kier alpha value is -3.01. The lowest BCUT2D eigenvalue weighted by Gasteiger charge is -2.13. The number of nitrogens with zero attached hydrogens (tertiary/aromatic N) is 1. The van der Waals surface area contributed by atoms with E-state index in [1.165, 1.54) is 51.7 Å². The van der Waals surface area contributed by atoms with Gasteiger partial charge in [0.15, 0.2) is 11.5 Å². The average Bonchev–Trinajstić information content (AvgIpc) is 2.60. The van der Waals surface area contributed by atoms with Crippen LogP contribution >= 0.6 is 0 Å². The minimum Gasteiger partial charge on any atom is -0.494 e. The smallest absolute Gasteiger partial charge is 0.273 e. The SMILES string of the molecule is COc1cc([N+](=O)[O-])ccc1NS(=O)(=O)c1ccc(OC)c(OC)c1. The maximum atomic E-state index is 12.6. The molecule has 0 aromatic heterocycles. The van der Waals surface area contributed by atoms with Crippen molar-refractivity contribution in [2.75, 3.05) is 26.1 Å². The van der Waals surface area contributed by atoms with E-state index in [-0.39, 0.29) is 27.8 Å². The highest BCUT2D eigenvalue weighted by Gasteiger charge is 2.20. The van der Waals surface area contributed by atoms with Crippen LogP contribution in [0.2, 0.25) is 0 Å². The molecule has 0 radical (unpaired) electrons. The van der Waals surface area contributed by atoms with Gasteiger partial charge in [-0.15, -0.1) is 0 Å². The predicted octanol–water partition coefficient (Wildman–Crippen LogP) is 2.42. The van der Waals surface area contributed by atoms with Crippen LogP contribution in [0.4, 0.5) is 11.4 Å². The second kappa shape index (κ2) is 7.26. The lowest BCUT2D eigenvalue weighted by Crippen LogP contribution is -2.14. The molecule has 1 N–H and O–H groups in total. The summed E-state index contributed by atoms with van der Waals surface area (Å²) in [5.41, 5.74) is -0.145. The Morgan fingerprint density at radius 1 is 0.920 bits per heavy atom. The monoisotopic (exact) mass is 368 g/mol. The van der Waals surface area contributed by atoms with Gasteiger partial charge in [-0.05, 0) is 18.2 Å². The number of rotatable bonds is 7. The minimum atomic E-state index is -3.97. The number of sulfonamides is 1. The molecule has 0 unspecified atom stereocenters. The maximum absolute atomic E-state index is 12.6. The van der Waals surface area contributed by atoms with Crippen molar-refractivity contribution in [2.24, 2.45) is 0 Å². The van der Waals surface area contributed by atoms with E-state index in [0.717, 1.165) is 6.07 Å². The molecule has 0 bridgehead atoms. The first kappa shape index (κ1) is 18.3. The molecule has 2 aromatic rings. The molecular weight excluding hydrogens is 352 g/mol. The van der Waals surface area contributed by atoms with E-state index in [1.807, 2.05) is 0 Å². The summed E-state index contributed by atoms with van der Waals surface area (Å²) in [4.78, 5) is 10.1. The van der Waals surface area contributed by atoms with Crippen LogP contribution in [0, 0.1) is 10.1 Å². The third-order valence-electron chi connectivity index (χ3n) is 3.31. The number of nitro benzene ring substituents is 1. The zero-order chi connectivity index (χ0) is 18.6. The van der Waals surface area contributed by atoms with Gasteiger partial charge in [0.1, 0.15) is 5.75 Å². The van der Waals surface area contributed by atoms with Crippen LogP contribution in [0.3, 0.4) is 0 Å². The van der Waals surface area contributed by atoms with Crippen molar-refractivity contribution in [2.45, 2.75) is 4.90 Å². The highest BCUT2D eigenvalue weighted by molar-refractivity contribution is 7.92. The number of nitro groups is 1. The Morgan fingerprint density at radius 3 is 2.12 bits per heavy atom. The van der Waals surface area contributed by atoms with E-state index in [1.54, 1.807) is 0 Å². The van der Waals surface area contributed by atoms with E-state index < -0.39 is 14.9 Å². The van der Waals surface area contributed by atoms with E-state index >= 15 is 0 Å². The Balaban J connectivity index is 2.40. The third kappa shape index (κ3) is 3.91. The quantitative estimate of drug-likeness (QED) is 0.589. The van der Waals surface area contributed by atoms with Gasteiger partial charge in [-0.1, -0.05) is 0 Å². The Bertz CT molecular complexity index is 897. The lowest BCUT2D eigenvalue weighted by molar-refractivity contribution is -0.384. The van der Waals surface area contributed by atoms with Crippen molar-refractivity contribution in [1.82, 2.24) is 0 Å². The van der Waals surface area contributed by atoms with Gasteiger partial charge in [-0.25, -0.2) is 8.42 Å². The Kier molecular flexibility index (Phi) is 5.32. The molecule has 0 amide bonds. The highest BCUT2D eigenvalue weighted by atomic mass is 32.2. The normalized spacial score (nSPS) is 10.8. The molecule has 25 heavy (non-hydrogen) atoms. The summed E-state index contributed by atoms with van der Waals surface area (Å²) >= 11 is 0. The molecular formula is C15H16N2O7S. The minimum absolute atomic E-state index is 0.0262. The van der Waals surface area contributed by atoms with Crippen LogP contribution in [-0.4, -0.2) is 34.7 Å². The van der Waals surface area contributed by atoms with Crippen LogP contribution in [0.5, 0.6) is 17.2 Å². The van der Waals surface area contributed by atoms with Crippen molar-refractivity contribution in [3.63, 3.8) is 0 Å². The van der Waals surface area contributed by atoms with Gasteiger partial charge in [0.05, 0.1) is 42.9 Å². The second-order valence-electron chi connectivity index (χ2n) is 4.76. The zero-order valence-electron chi connectivity index (χ0n) is 13.7. The second-order valence-corrected chi connectivity index (χ2v) is 6.45. The van der Waals surface area contributed by atoms with Gasteiger partial charge in [-0.3, -0.25) is 14.8 Å². The highest BCUT2D eigenvalue weighted by Crippen LogP contribution is 2.33. The number of anilines is 1. The Labute approximate surface area is 144 Å². The van der Waals surface area contributed by atoms with Gasteiger partial charge in [0, 0.05) is 12.1 Å². The number of nitrogens with one attached hydrogen (secondary N) is 1. The van der Waals surface area contributed by atoms with E-state index in [9.17, 15) is 18.5 Å². The van der Waals surface area contributed by atoms with Gasteiger partial charge in [-0.2, -0.15) is 0 Å². The van der Waals surface area contributed by atoms with Crippen LogP contribution < -0.4 is 18.9 Å². The fraction of sp³-hybridized carbons (Fsp3) is 0.200. The molecule has 2 rings (SSSR count). The first-order valence-electron chi connectivity index (χ1n) is 6.89. The van der Waals surface area contributed by atoms with E-state index in [2.05, 4.69) is 4.72 Å². The average molecular weight is 368 g/mol. The van der Waals surface area contributed by atoms with Crippen molar-refractivity contribution in [1.29, 1.82) is 0 Å². The first-order chi connectivity index (χ1) is 11.8. The van der Waals surface area contributed by atoms with Gasteiger partial charge in [0.2, 0.25) is 0 Å². The van der Waals surface area contributed by atoms with Crippen LogP contribution in [-0.2, 0) is 10.0 Å². The molecule has 0 saturated heterocycles. The van der Waals surface area contributed by atoms with Gasteiger partial charge in [0.25, 0.3) is 15.7 Å². The number of methoxy groups -OCH3 is 3. The van der Waals surface area contributed by atoms with Crippen molar-refractivity contribution in [3.8, 4) is 17.2 Å². The summed E-state index contributed by atoms with van der Waals surface area (Å²) in [7, 11) is 0.139. The predicted molar refractivity (Wildman–Crippen MR) is 90.0 cm³/mol. The fourth-order valence-electron chi connectivity index (χ4n) is 2.07. The number of ether oxygens (including phenoxy) is 3. The molecule has 2 aromatic carbocycles. The molecule has 0 spiro atoms. The lowest BCUT2D eigenvalue weighted by atomic mass is 10.2. The summed E-state index contributed by atoms with van der Waals surface area (Å²) in [6, 6.07) is 7.68. The zero-order valence-corrected chi connectivity index (χ0v) is 14.5. The van der Waals surface area contributed by atoms with E-state index in [0.29, 0.717) is 5.75 Å². The summed E-state index contributed by atoms with van der Waals surface area (Å²) in [5, 5.41) is 10.8. The summed E-state index contributed by atoms with van der Waals surface area (Å²) in [6.07, 6.45) is 0. The summed E-state index contributed by atoms with van der Waals surface area (Å²) < 4.78 is 42.6. The largest absolute Gasteiger partial charge is 0.494 e. The molecule has 9 nitrogen and oxygen atoms in total. The van der Waals surface area contributed by atoms with Crippen molar-refractivity contribution < 1.29 is 27.6 Å². The molecule has 0 aliphatic carbocycles. The van der Waals surface area contributed by atoms with E-state index in [4.69, 9.17) is 14.2 Å². The molecule has 0 saturated carbocycles. The third-order valence-corrected chi connectivity index (χ3v) is 4.67. The fourth-order valence-corrected chi connectivity index (χ4v) is 3.15. The van der Waals surface area contributed by atoms with Crippen molar-refractivity contribution in [3.05, 3.63) is 46.5 Å². The molecule has 0 aliphatic heterocycles. The molecule has 0 aliphatic rings. The van der Waals surface area contributed by atoms with Crippen LogP contribution in [0.1, 0.15) is 0 Å². The summed E-state index contributed by atoms with van der Waals surface area (Å²) in [6.45, 7) is 0. The number of hydrogen-bond acceptors (Lipinski definition) is 7. The van der Waals surface area contributed by atoms with Gasteiger partial charge >= 0.3 is 0 Å². The topological polar surface area (TPSA) is 117 Å². The molecule has 10 heteroatoms. The van der Waals surface area contributed by atoms with Crippen LogP contribution in [0.25, 0.3) is 0 Å². The van der Waals surface area contributed by atoms with Crippen LogP contribution in [0.15, 0.2) is 41.3 Å².